The number of amides is 2. The van der Waals surface area contributed by atoms with Crippen LogP contribution in [-0.2, 0) is 16.0 Å². The van der Waals surface area contributed by atoms with E-state index in [1.54, 1.807) is 23.7 Å². The minimum atomic E-state index is 0.0223. The van der Waals surface area contributed by atoms with E-state index in [0.29, 0.717) is 13.0 Å². The summed E-state index contributed by atoms with van der Waals surface area (Å²) in [4.78, 5) is 36.8. The van der Waals surface area contributed by atoms with Crippen molar-refractivity contribution in [3.05, 3.63) is 46.9 Å². The molecule has 0 saturated carbocycles. The number of aromatic nitrogens is 1. The van der Waals surface area contributed by atoms with Gasteiger partial charge in [0.1, 0.15) is 0 Å². The van der Waals surface area contributed by atoms with E-state index in [9.17, 15) is 9.59 Å². The highest BCUT2D eigenvalue weighted by Crippen LogP contribution is 2.26. The largest absolute Gasteiger partial charge is 0.371 e. The Kier molecular flexibility index (Phi) is 5.62. The second kappa shape index (κ2) is 8.31. The first kappa shape index (κ1) is 18.9. The SMILES string of the molecule is CN(C(=O)C1CCN(c2ccncc2)C1)C1CCN(C(=O)Cc2cccs2)C1. The fourth-order valence-electron chi connectivity index (χ4n) is 4.18. The maximum Gasteiger partial charge on any atom is 0.227 e. The lowest BCUT2D eigenvalue weighted by atomic mass is 10.1. The van der Waals surface area contributed by atoms with Crippen LogP contribution >= 0.6 is 11.3 Å². The van der Waals surface area contributed by atoms with Crippen molar-refractivity contribution in [1.29, 1.82) is 0 Å². The fourth-order valence-corrected chi connectivity index (χ4v) is 4.87. The highest BCUT2D eigenvalue weighted by Gasteiger charge is 2.36. The summed E-state index contributed by atoms with van der Waals surface area (Å²) in [7, 11) is 1.90. The summed E-state index contributed by atoms with van der Waals surface area (Å²) in [6.45, 7) is 3.03. The molecule has 148 valence electrons. The van der Waals surface area contributed by atoms with Gasteiger partial charge < -0.3 is 14.7 Å². The first-order valence-corrected chi connectivity index (χ1v) is 10.7. The molecule has 2 unspecified atom stereocenters. The number of nitrogens with zero attached hydrogens (tertiary/aromatic N) is 4. The highest BCUT2D eigenvalue weighted by molar-refractivity contribution is 7.10. The Morgan fingerprint density at radius 2 is 2.00 bits per heavy atom. The van der Waals surface area contributed by atoms with E-state index < -0.39 is 0 Å². The molecule has 2 saturated heterocycles. The summed E-state index contributed by atoms with van der Waals surface area (Å²) in [6, 6.07) is 8.08. The van der Waals surface area contributed by atoms with Crippen molar-refractivity contribution in [2.75, 3.05) is 38.1 Å². The van der Waals surface area contributed by atoms with Crippen LogP contribution in [0.25, 0.3) is 0 Å². The standard InChI is InChI=1S/C21H26N4O2S/c1-23(18-7-11-25(15-18)20(26)13-19-3-2-12-28-19)21(27)16-6-10-24(14-16)17-4-8-22-9-5-17/h2-5,8-9,12,16,18H,6-7,10-11,13-15H2,1H3. The molecule has 2 atom stereocenters. The van der Waals surface area contributed by atoms with Crippen LogP contribution in [0, 0.1) is 5.92 Å². The molecule has 2 aromatic heterocycles. The molecule has 4 heterocycles. The monoisotopic (exact) mass is 398 g/mol. The molecule has 0 aromatic carbocycles. The molecule has 2 aromatic rings. The smallest absolute Gasteiger partial charge is 0.227 e. The molecule has 0 N–H and O–H groups in total. The van der Waals surface area contributed by atoms with E-state index in [2.05, 4.69) is 9.88 Å². The van der Waals surface area contributed by atoms with Crippen LogP contribution in [0.4, 0.5) is 5.69 Å². The topological polar surface area (TPSA) is 56.8 Å². The summed E-state index contributed by atoms with van der Waals surface area (Å²) in [5.41, 5.74) is 1.12. The summed E-state index contributed by atoms with van der Waals surface area (Å²) in [6.07, 6.45) is 5.78. The van der Waals surface area contributed by atoms with Gasteiger partial charge in [0.25, 0.3) is 0 Å². The Bertz CT molecular complexity index is 811. The van der Waals surface area contributed by atoms with Gasteiger partial charge in [0.2, 0.25) is 11.8 Å². The molecule has 4 rings (SSSR count). The molecule has 0 spiro atoms. The fraction of sp³-hybridized carbons (Fsp3) is 0.476. The van der Waals surface area contributed by atoms with E-state index in [0.717, 1.165) is 43.0 Å². The predicted molar refractivity (Wildman–Crippen MR) is 110 cm³/mol. The summed E-state index contributed by atoms with van der Waals surface area (Å²) >= 11 is 1.62. The number of pyridine rings is 1. The number of carbonyl (C=O) groups excluding carboxylic acids is 2. The Morgan fingerprint density at radius 1 is 1.18 bits per heavy atom. The van der Waals surface area contributed by atoms with Crippen LogP contribution < -0.4 is 4.90 Å². The number of hydrogen-bond acceptors (Lipinski definition) is 5. The number of thiophene rings is 1. The Balaban J connectivity index is 1.30. The van der Waals surface area contributed by atoms with Crippen molar-refractivity contribution in [2.24, 2.45) is 5.92 Å². The number of rotatable bonds is 5. The van der Waals surface area contributed by atoms with Crippen LogP contribution in [0.2, 0.25) is 0 Å². The minimum Gasteiger partial charge on any atom is -0.371 e. The van der Waals surface area contributed by atoms with Gasteiger partial charge in [0.15, 0.2) is 0 Å². The molecule has 6 nitrogen and oxygen atoms in total. The number of likely N-dealkylation sites (N-methyl/N-ethyl adjacent to an activating group) is 1. The van der Waals surface area contributed by atoms with Gasteiger partial charge >= 0.3 is 0 Å². The van der Waals surface area contributed by atoms with Crippen LogP contribution in [0.1, 0.15) is 17.7 Å². The van der Waals surface area contributed by atoms with Gasteiger partial charge in [0.05, 0.1) is 18.4 Å². The van der Waals surface area contributed by atoms with E-state index in [1.165, 1.54) is 0 Å². The Hall–Kier alpha value is -2.41. The van der Waals surface area contributed by atoms with Crippen molar-refractivity contribution in [3.8, 4) is 0 Å². The Morgan fingerprint density at radius 3 is 2.75 bits per heavy atom. The van der Waals surface area contributed by atoms with Crippen LogP contribution in [0.5, 0.6) is 0 Å². The van der Waals surface area contributed by atoms with E-state index in [-0.39, 0.29) is 23.8 Å². The molecule has 0 bridgehead atoms. The number of anilines is 1. The lowest BCUT2D eigenvalue weighted by molar-refractivity contribution is -0.136. The summed E-state index contributed by atoms with van der Waals surface area (Å²) in [5, 5.41) is 2.00. The maximum atomic E-state index is 13.0. The molecular formula is C21H26N4O2S. The zero-order valence-electron chi connectivity index (χ0n) is 16.2. The van der Waals surface area contributed by atoms with Crippen LogP contribution in [-0.4, -0.2) is 65.9 Å². The normalized spacial score (nSPS) is 21.9. The van der Waals surface area contributed by atoms with Crippen molar-refractivity contribution >= 4 is 28.8 Å². The molecule has 2 aliphatic heterocycles. The zero-order chi connectivity index (χ0) is 19.5. The first-order valence-electron chi connectivity index (χ1n) is 9.83. The van der Waals surface area contributed by atoms with Gasteiger partial charge in [-0.2, -0.15) is 0 Å². The third-order valence-corrected chi connectivity index (χ3v) is 6.76. The lowest BCUT2D eigenvalue weighted by Crippen LogP contribution is -2.43. The van der Waals surface area contributed by atoms with Gasteiger partial charge in [0, 0.05) is 56.2 Å². The molecule has 0 radical (unpaired) electrons. The van der Waals surface area contributed by atoms with Gasteiger partial charge in [-0.3, -0.25) is 14.6 Å². The third kappa shape index (κ3) is 4.04. The van der Waals surface area contributed by atoms with Gasteiger partial charge in [-0.15, -0.1) is 11.3 Å². The van der Waals surface area contributed by atoms with E-state index >= 15 is 0 Å². The molecule has 2 fully saturated rings. The summed E-state index contributed by atoms with van der Waals surface area (Å²) in [5.74, 6) is 0.388. The molecule has 2 aliphatic rings. The number of likely N-dealkylation sites (tertiary alicyclic amines) is 1. The maximum absolute atomic E-state index is 13.0. The van der Waals surface area contributed by atoms with Crippen LogP contribution in [0.3, 0.4) is 0 Å². The molecule has 0 aliphatic carbocycles. The van der Waals surface area contributed by atoms with Gasteiger partial charge in [-0.05, 0) is 36.4 Å². The predicted octanol–water partition coefficient (Wildman–Crippen LogP) is 2.27. The molecule has 7 heteroatoms. The average Bonchev–Trinajstić information content (AvgIpc) is 3.48. The third-order valence-electron chi connectivity index (χ3n) is 5.88. The minimum absolute atomic E-state index is 0.0223. The summed E-state index contributed by atoms with van der Waals surface area (Å²) < 4.78 is 0. The Labute approximate surface area is 169 Å². The average molecular weight is 399 g/mol. The quantitative estimate of drug-likeness (QED) is 0.775. The van der Waals surface area contributed by atoms with Gasteiger partial charge in [-0.25, -0.2) is 0 Å². The highest BCUT2D eigenvalue weighted by atomic mass is 32.1. The van der Waals surface area contributed by atoms with Crippen molar-refractivity contribution < 1.29 is 9.59 Å². The van der Waals surface area contributed by atoms with Crippen molar-refractivity contribution in [2.45, 2.75) is 25.3 Å². The van der Waals surface area contributed by atoms with Crippen molar-refractivity contribution in [3.63, 3.8) is 0 Å². The number of carbonyl (C=O) groups is 2. The lowest BCUT2D eigenvalue weighted by Gasteiger charge is -2.27. The molecule has 2 amide bonds. The van der Waals surface area contributed by atoms with Crippen molar-refractivity contribution in [1.82, 2.24) is 14.8 Å². The zero-order valence-corrected chi connectivity index (χ0v) is 17.0. The molecular weight excluding hydrogens is 372 g/mol. The number of hydrogen-bond donors (Lipinski definition) is 0. The van der Waals surface area contributed by atoms with E-state index in [1.807, 2.05) is 46.5 Å². The second-order valence-corrected chi connectivity index (χ2v) is 8.66. The van der Waals surface area contributed by atoms with Gasteiger partial charge in [-0.1, -0.05) is 6.07 Å². The van der Waals surface area contributed by atoms with Crippen LogP contribution in [0.15, 0.2) is 42.0 Å². The first-order chi connectivity index (χ1) is 13.6. The van der Waals surface area contributed by atoms with E-state index in [4.69, 9.17) is 0 Å². The second-order valence-electron chi connectivity index (χ2n) is 7.62. The molecule has 28 heavy (non-hydrogen) atoms.